The van der Waals surface area contributed by atoms with E-state index in [4.69, 9.17) is 0 Å². The lowest BCUT2D eigenvalue weighted by Crippen LogP contribution is -2.00. The van der Waals surface area contributed by atoms with Crippen molar-refractivity contribution < 1.29 is 4.39 Å². The molecule has 0 radical (unpaired) electrons. The number of rotatable bonds is 1. The smallest absolute Gasteiger partial charge is 0.162 e. The van der Waals surface area contributed by atoms with Crippen molar-refractivity contribution in [1.82, 2.24) is 15.3 Å². The highest BCUT2D eigenvalue weighted by atomic mass is 19.1. The van der Waals surface area contributed by atoms with Gasteiger partial charge in [0.15, 0.2) is 5.82 Å². The standard InChI is InChI=1S/C12H10FN3/c13-10-4-2-1-3-9(10)12-15-6-8-5-14-7-11(8)16-12/h1-4,6,14H,5,7H2. The van der Waals surface area contributed by atoms with Crippen LogP contribution in [0.1, 0.15) is 11.3 Å². The minimum absolute atomic E-state index is 0.284. The maximum atomic E-state index is 13.5. The Morgan fingerprint density at radius 2 is 2.06 bits per heavy atom. The fraction of sp³-hybridized carbons (Fsp3) is 0.167. The van der Waals surface area contributed by atoms with Crippen molar-refractivity contribution in [2.45, 2.75) is 13.1 Å². The highest BCUT2D eigenvalue weighted by Gasteiger charge is 2.14. The zero-order valence-corrected chi connectivity index (χ0v) is 8.57. The largest absolute Gasteiger partial charge is 0.307 e. The van der Waals surface area contributed by atoms with Gasteiger partial charge >= 0.3 is 0 Å². The number of benzene rings is 1. The highest BCUT2D eigenvalue weighted by Crippen LogP contribution is 2.21. The zero-order chi connectivity index (χ0) is 11.0. The first-order chi connectivity index (χ1) is 7.84. The van der Waals surface area contributed by atoms with Gasteiger partial charge < -0.3 is 5.32 Å². The number of fused-ring (bicyclic) bond motifs is 1. The van der Waals surface area contributed by atoms with E-state index >= 15 is 0 Å². The van der Waals surface area contributed by atoms with E-state index in [2.05, 4.69) is 15.3 Å². The summed E-state index contributed by atoms with van der Waals surface area (Å²) in [5.74, 6) is 0.175. The van der Waals surface area contributed by atoms with Crippen LogP contribution < -0.4 is 5.32 Å². The topological polar surface area (TPSA) is 37.8 Å². The van der Waals surface area contributed by atoms with Crippen molar-refractivity contribution in [2.75, 3.05) is 0 Å². The van der Waals surface area contributed by atoms with Gasteiger partial charge in [-0.15, -0.1) is 0 Å². The number of hydrogen-bond acceptors (Lipinski definition) is 3. The quantitative estimate of drug-likeness (QED) is 0.789. The van der Waals surface area contributed by atoms with E-state index in [1.165, 1.54) is 6.07 Å². The summed E-state index contributed by atoms with van der Waals surface area (Å²) in [4.78, 5) is 8.56. The summed E-state index contributed by atoms with van der Waals surface area (Å²) < 4.78 is 13.5. The summed E-state index contributed by atoms with van der Waals surface area (Å²) in [6, 6.07) is 6.56. The molecule has 1 aromatic heterocycles. The molecule has 0 spiro atoms. The zero-order valence-electron chi connectivity index (χ0n) is 8.57. The van der Waals surface area contributed by atoms with Crippen LogP contribution in [0, 0.1) is 5.82 Å². The Morgan fingerprint density at radius 3 is 2.94 bits per heavy atom. The molecule has 2 heterocycles. The van der Waals surface area contributed by atoms with Crippen LogP contribution in [0.25, 0.3) is 11.4 Å². The first-order valence-electron chi connectivity index (χ1n) is 5.15. The number of nitrogens with one attached hydrogen (secondary N) is 1. The molecule has 80 valence electrons. The number of hydrogen-bond donors (Lipinski definition) is 1. The van der Waals surface area contributed by atoms with Gasteiger partial charge in [0.1, 0.15) is 5.82 Å². The van der Waals surface area contributed by atoms with Gasteiger partial charge in [0.2, 0.25) is 0 Å². The molecule has 3 rings (SSSR count). The summed E-state index contributed by atoms with van der Waals surface area (Å²) in [7, 11) is 0. The van der Waals surface area contributed by atoms with Gasteiger partial charge in [-0.2, -0.15) is 0 Å². The van der Waals surface area contributed by atoms with E-state index in [1.54, 1.807) is 24.4 Å². The van der Waals surface area contributed by atoms with Crippen LogP contribution in [0.5, 0.6) is 0 Å². The molecule has 1 aliphatic rings. The van der Waals surface area contributed by atoms with Crippen molar-refractivity contribution >= 4 is 0 Å². The molecule has 1 N–H and O–H groups in total. The molecule has 0 saturated heterocycles. The second-order valence-corrected chi connectivity index (χ2v) is 3.75. The van der Waals surface area contributed by atoms with Crippen LogP contribution in [0.4, 0.5) is 4.39 Å². The molecule has 1 aliphatic heterocycles. The van der Waals surface area contributed by atoms with Gasteiger partial charge in [-0.25, -0.2) is 14.4 Å². The van der Waals surface area contributed by atoms with Crippen LogP contribution in [0.15, 0.2) is 30.5 Å². The molecule has 3 nitrogen and oxygen atoms in total. The molecule has 2 aromatic rings. The highest BCUT2D eigenvalue weighted by molar-refractivity contribution is 5.56. The fourth-order valence-corrected chi connectivity index (χ4v) is 1.83. The maximum Gasteiger partial charge on any atom is 0.162 e. The third kappa shape index (κ3) is 1.47. The molecular weight excluding hydrogens is 205 g/mol. The first kappa shape index (κ1) is 9.42. The predicted octanol–water partition coefficient (Wildman–Crippen LogP) is 1.89. The maximum absolute atomic E-state index is 13.5. The molecule has 0 bridgehead atoms. The molecule has 0 amide bonds. The average Bonchev–Trinajstić information content (AvgIpc) is 2.76. The van der Waals surface area contributed by atoms with Crippen LogP contribution >= 0.6 is 0 Å². The van der Waals surface area contributed by atoms with E-state index in [0.717, 1.165) is 24.3 Å². The third-order valence-electron chi connectivity index (χ3n) is 2.68. The fourth-order valence-electron chi connectivity index (χ4n) is 1.83. The Bertz CT molecular complexity index is 540. The van der Waals surface area contributed by atoms with Gasteiger partial charge in [-0.3, -0.25) is 0 Å². The summed E-state index contributed by atoms with van der Waals surface area (Å²) in [5.41, 5.74) is 2.52. The van der Waals surface area contributed by atoms with Gasteiger partial charge in [0.25, 0.3) is 0 Å². The Kier molecular flexibility index (Phi) is 2.15. The second-order valence-electron chi connectivity index (χ2n) is 3.75. The van der Waals surface area contributed by atoms with Crippen molar-refractivity contribution in [3.8, 4) is 11.4 Å². The SMILES string of the molecule is Fc1ccccc1-c1ncc2c(n1)CNC2. The average molecular weight is 215 g/mol. The van der Waals surface area contributed by atoms with Gasteiger partial charge in [0, 0.05) is 24.8 Å². The molecule has 0 unspecified atom stereocenters. The number of aromatic nitrogens is 2. The molecule has 4 heteroatoms. The van der Waals surface area contributed by atoms with Crippen molar-refractivity contribution in [3.05, 3.63) is 47.5 Å². The Hall–Kier alpha value is -1.81. The molecule has 1 aromatic carbocycles. The third-order valence-corrected chi connectivity index (χ3v) is 2.68. The normalized spacial score (nSPS) is 13.8. The summed E-state index contributed by atoms with van der Waals surface area (Å²) >= 11 is 0. The van der Waals surface area contributed by atoms with Crippen LogP contribution in [-0.2, 0) is 13.1 Å². The first-order valence-corrected chi connectivity index (χ1v) is 5.15. The van der Waals surface area contributed by atoms with E-state index in [-0.39, 0.29) is 5.82 Å². The van der Waals surface area contributed by atoms with Crippen LogP contribution in [0.2, 0.25) is 0 Å². The number of nitrogens with zero attached hydrogens (tertiary/aromatic N) is 2. The van der Waals surface area contributed by atoms with Gasteiger partial charge in [-0.1, -0.05) is 12.1 Å². The van der Waals surface area contributed by atoms with Gasteiger partial charge in [-0.05, 0) is 12.1 Å². The summed E-state index contributed by atoms with van der Waals surface area (Å²) in [6.07, 6.45) is 1.77. The lowest BCUT2D eigenvalue weighted by Gasteiger charge is -2.03. The summed E-state index contributed by atoms with van der Waals surface area (Å²) in [6.45, 7) is 1.53. The van der Waals surface area contributed by atoms with E-state index in [0.29, 0.717) is 11.4 Å². The van der Waals surface area contributed by atoms with Gasteiger partial charge in [0.05, 0.1) is 11.3 Å². The van der Waals surface area contributed by atoms with Crippen molar-refractivity contribution in [2.24, 2.45) is 0 Å². The van der Waals surface area contributed by atoms with Crippen LogP contribution in [0.3, 0.4) is 0 Å². The molecule has 0 fully saturated rings. The minimum atomic E-state index is -0.284. The van der Waals surface area contributed by atoms with E-state index in [9.17, 15) is 4.39 Å². The Balaban J connectivity index is 2.11. The van der Waals surface area contributed by atoms with E-state index < -0.39 is 0 Å². The Labute approximate surface area is 92.4 Å². The van der Waals surface area contributed by atoms with Crippen LogP contribution in [-0.4, -0.2) is 9.97 Å². The number of halogens is 1. The monoisotopic (exact) mass is 215 g/mol. The van der Waals surface area contributed by atoms with Crippen molar-refractivity contribution in [1.29, 1.82) is 0 Å². The lowest BCUT2D eigenvalue weighted by atomic mass is 10.2. The van der Waals surface area contributed by atoms with Crippen molar-refractivity contribution in [3.63, 3.8) is 0 Å². The molecule has 0 atom stereocenters. The molecule has 0 saturated carbocycles. The molecular formula is C12H10FN3. The lowest BCUT2D eigenvalue weighted by molar-refractivity contribution is 0.630. The molecule has 0 aliphatic carbocycles. The molecule has 16 heavy (non-hydrogen) atoms. The Morgan fingerprint density at radius 1 is 1.19 bits per heavy atom. The second kappa shape index (κ2) is 3.64. The summed E-state index contributed by atoms with van der Waals surface area (Å²) in [5, 5.41) is 3.18. The minimum Gasteiger partial charge on any atom is -0.307 e. The van der Waals surface area contributed by atoms with E-state index in [1.807, 2.05) is 0 Å². The predicted molar refractivity (Wildman–Crippen MR) is 58.0 cm³/mol.